The molecule has 5 nitrogen and oxygen atoms in total. The molecule has 0 amide bonds. The van der Waals surface area contributed by atoms with Crippen LogP contribution in [0.1, 0.15) is 36.0 Å². The van der Waals surface area contributed by atoms with Crippen LogP contribution in [0, 0.1) is 20.8 Å². The number of sulfonamides is 1. The van der Waals surface area contributed by atoms with Crippen LogP contribution in [0.4, 0.5) is 5.69 Å². The van der Waals surface area contributed by atoms with Crippen LogP contribution in [0.25, 0.3) is 0 Å². The maximum Gasteiger partial charge on any atom is 0.241 e. The second kappa shape index (κ2) is 5.59. The fourth-order valence-corrected chi connectivity index (χ4v) is 4.51. The van der Waals surface area contributed by atoms with Crippen molar-refractivity contribution in [2.24, 2.45) is 0 Å². The number of nitrogens with one attached hydrogen (secondary N) is 1. The molecule has 2 rings (SSSR count). The minimum Gasteiger partial charge on any atom is -0.398 e. The van der Waals surface area contributed by atoms with E-state index in [1.54, 1.807) is 21.0 Å². The number of methoxy groups -OCH3 is 1. The molecule has 0 atom stereocenters. The highest BCUT2D eigenvalue weighted by Gasteiger charge is 2.38. The summed E-state index contributed by atoms with van der Waals surface area (Å²) in [7, 11) is -1.96. The second-order valence-electron chi connectivity index (χ2n) is 5.94. The number of nitrogens with two attached hydrogens (primary N) is 1. The summed E-state index contributed by atoms with van der Waals surface area (Å²) in [4.78, 5) is 0.288. The maximum atomic E-state index is 12.6. The molecule has 118 valence electrons. The summed E-state index contributed by atoms with van der Waals surface area (Å²) in [6, 6.07) is 1.81. The van der Waals surface area contributed by atoms with Crippen molar-refractivity contribution in [3.8, 4) is 0 Å². The number of anilines is 1. The van der Waals surface area contributed by atoms with Crippen molar-refractivity contribution in [1.29, 1.82) is 0 Å². The van der Waals surface area contributed by atoms with Gasteiger partial charge < -0.3 is 10.5 Å². The lowest BCUT2D eigenvalue weighted by molar-refractivity contribution is -0.0659. The summed E-state index contributed by atoms with van der Waals surface area (Å²) in [5.41, 5.74) is 8.39. The summed E-state index contributed by atoms with van der Waals surface area (Å²) in [5.74, 6) is 0. The number of aryl methyl sites for hydroxylation is 2. The highest BCUT2D eigenvalue weighted by atomic mass is 32.2. The van der Waals surface area contributed by atoms with Gasteiger partial charge in [-0.15, -0.1) is 0 Å². The Bertz CT molecular complexity index is 644. The lowest BCUT2D eigenvalue weighted by Gasteiger charge is -2.40. The molecule has 1 aliphatic carbocycles. The van der Waals surface area contributed by atoms with E-state index in [-0.39, 0.29) is 10.5 Å². The van der Waals surface area contributed by atoms with E-state index in [9.17, 15) is 8.42 Å². The molecule has 6 heteroatoms. The normalized spacial score (nSPS) is 17.5. The Morgan fingerprint density at radius 2 is 1.90 bits per heavy atom. The Morgan fingerprint density at radius 1 is 1.29 bits per heavy atom. The van der Waals surface area contributed by atoms with Crippen molar-refractivity contribution in [1.82, 2.24) is 4.72 Å². The Morgan fingerprint density at radius 3 is 2.38 bits per heavy atom. The number of benzene rings is 1. The first-order valence-corrected chi connectivity index (χ1v) is 8.62. The van der Waals surface area contributed by atoms with Crippen molar-refractivity contribution in [3.05, 3.63) is 22.8 Å². The van der Waals surface area contributed by atoms with Crippen LogP contribution in [-0.2, 0) is 14.8 Å². The molecule has 1 aromatic carbocycles. The lowest BCUT2D eigenvalue weighted by Crippen LogP contribution is -2.49. The van der Waals surface area contributed by atoms with Gasteiger partial charge in [0.05, 0.1) is 10.5 Å². The molecule has 1 aromatic rings. The standard InChI is InChI=1S/C15H24N2O3S/c1-10-8-11(2)14(12(3)13(10)16)21(18,19)17-9-15(20-4)6-5-7-15/h8,17H,5-7,9,16H2,1-4H3. The second-order valence-corrected chi connectivity index (χ2v) is 7.65. The minimum atomic E-state index is -3.59. The summed E-state index contributed by atoms with van der Waals surface area (Å²) in [6.45, 7) is 5.73. The number of rotatable bonds is 5. The molecule has 0 aromatic heterocycles. The Balaban J connectivity index is 2.30. The van der Waals surface area contributed by atoms with Crippen molar-refractivity contribution < 1.29 is 13.2 Å². The van der Waals surface area contributed by atoms with Gasteiger partial charge in [0, 0.05) is 19.3 Å². The average Bonchev–Trinajstić information content (AvgIpc) is 2.35. The molecular weight excluding hydrogens is 288 g/mol. The predicted octanol–water partition coefficient (Wildman–Crippen LogP) is 2.04. The van der Waals surface area contributed by atoms with Crippen LogP contribution < -0.4 is 10.5 Å². The van der Waals surface area contributed by atoms with Crippen LogP contribution in [0.2, 0.25) is 0 Å². The third kappa shape index (κ3) is 2.93. The van der Waals surface area contributed by atoms with Gasteiger partial charge in [-0.1, -0.05) is 6.07 Å². The fourth-order valence-electron chi connectivity index (χ4n) is 2.92. The van der Waals surface area contributed by atoms with E-state index < -0.39 is 10.0 Å². The molecule has 0 spiro atoms. The quantitative estimate of drug-likeness (QED) is 0.815. The van der Waals surface area contributed by atoms with E-state index in [1.165, 1.54) is 0 Å². The largest absolute Gasteiger partial charge is 0.398 e. The lowest BCUT2D eigenvalue weighted by atomic mass is 9.80. The molecule has 3 N–H and O–H groups in total. The first kappa shape index (κ1) is 16.3. The molecule has 0 aliphatic heterocycles. The summed E-state index contributed by atoms with van der Waals surface area (Å²) in [6.07, 6.45) is 2.85. The van der Waals surface area contributed by atoms with Crippen molar-refractivity contribution >= 4 is 15.7 Å². The summed E-state index contributed by atoms with van der Waals surface area (Å²) >= 11 is 0. The van der Waals surface area contributed by atoms with Gasteiger partial charge in [0.15, 0.2) is 0 Å². The van der Waals surface area contributed by atoms with Gasteiger partial charge in [-0.25, -0.2) is 13.1 Å². The Hall–Kier alpha value is -1.11. The zero-order chi connectivity index (χ0) is 15.8. The fraction of sp³-hybridized carbons (Fsp3) is 0.600. The molecule has 0 saturated heterocycles. The average molecular weight is 312 g/mol. The van der Waals surface area contributed by atoms with Gasteiger partial charge in [-0.2, -0.15) is 0 Å². The Kier molecular flexibility index (Phi) is 4.33. The molecule has 1 saturated carbocycles. The molecule has 0 unspecified atom stereocenters. The van der Waals surface area contributed by atoms with Gasteiger partial charge in [-0.3, -0.25) is 0 Å². The number of ether oxygens (including phenoxy) is 1. The zero-order valence-corrected chi connectivity index (χ0v) is 13.9. The first-order chi connectivity index (χ1) is 9.72. The van der Waals surface area contributed by atoms with Crippen LogP contribution in [0.3, 0.4) is 0 Å². The Labute approximate surface area is 126 Å². The SMILES string of the molecule is COC1(CNS(=O)(=O)c2c(C)cc(C)c(N)c2C)CCC1. The zero-order valence-electron chi connectivity index (χ0n) is 13.1. The molecule has 1 fully saturated rings. The first-order valence-electron chi connectivity index (χ1n) is 7.13. The highest BCUT2D eigenvalue weighted by molar-refractivity contribution is 7.89. The van der Waals surface area contributed by atoms with E-state index in [4.69, 9.17) is 10.5 Å². The topological polar surface area (TPSA) is 81.4 Å². The van der Waals surface area contributed by atoms with E-state index in [1.807, 2.05) is 13.0 Å². The van der Waals surface area contributed by atoms with Crippen molar-refractivity contribution in [2.75, 3.05) is 19.4 Å². The third-order valence-corrected chi connectivity index (χ3v) is 6.20. The molecule has 21 heavy (non-hydrogen) atoms. The molecule has 0 bridgehead atoms. The maximum absolute atomic E-state index is 12.6. The smallest absolute Gasteiger partial charge is 0.241 e. The van der Waals surface area contributed by atoms with Crippen LogP contribution in [0.5, 0.6) is 0 Å². The van der Waals surface area contributed by atoms with Gasteiger partial charge in [0.25, 0.3) is 0 Å². The van der Waals surface area contributed by atoms with Crippen molar-refractivity contribution in [3.63, 3.8) is 0 Å². The summed E-state index contributed by atoms with van der Waals surface area (Å²) in [5, 5.41) is 0. The molecular formula is C15H24N2O3S. The number of hydrogen-bond donors (Lipinski definition) is 2. The number of hydrogen-bond acceptors (Lipinski definition) is 4. The van der Waals surface area contributed by atoms with E-state index in [0.717, 1.165) is 24.8 Å². The van der Waals surface area contributed by atoms with Gasteiger partial charge in [-0.05, 0) is 56.7 Å². The van der Waals surface area contributed by atoms with Crippen LogP contribution >= 0.6 is 0 Å². The predicted molar refractivity (Wildman–Crippen MR) is 83.8 cm³/mol. The molecule has 0 radical (unpaired) electrons. The summed E-state index contributed by atoms with van der Waals surface area (Å²) < 4.78 is 33.4. The van der Waals surface area contributed by atoms with Gasteiger partial charge in [0.1, 0.15) is 0 Å². The monoisotopic (exact) mass is 312 g/mol. The minimum absolute atomic E-state index is 0.288. The van der Waals surface area contributed by atoms with Crippen LogP contribution in [0.15, 0.2) is 11.0 Å². The highest BCUT2D eigenvalue weighted by Crippen LogP contribution is 2.35. The van der Waals surface area contributed by atoms with E-state index in [2.05, 4.69) is 4.72 Å². The van der Waals surface area contributed by atoms with Crippen molar-refractivity contribution in [2.45, 2.75) is 50.5 Å². The molecule has 0 heterocycles. The van der Waals surface area contributed by atoms with E-state index in [0.29, 0.717) is 23.4 Å². The third-order valence-electron chi connectivity index (χ3n) is 4.51. The van der Waals surface area contributed by atoms with Gasteiger partial charge in [0.2, 0.25) is 10.0 Å². The van der Waals surface area contributed by atoms with E-state index >= 15 is 0 Å². The van der Waals surface area contributed by atoms with Gasteiger partial charge >= 0.3 is 0 Å². The van der Waals surface area contributed by atoms with Crippen LogP contribution in [-0.4, -0.2) is 27.7 Å². The number of nitrogen functional groups attached to an aromatic ring is 1. The molecule has 1 aliphatic rings.